The third kappa shape index (κ3) is 6.74. The van der Waals surface area contributed by atoms with Crippen molar-refractivity contribution in [2.24, 2.45) is 0 Å². The lowest BCUT2D eigenvalue weighted by Crippen LogP contribution is -1.81. The van der Waals surface area contributed by atoms with Crippen LogP contribution in [0.5, 0.6) is 17.6 Å². The average Bonchev–Trinajstić information content (AvgIpc) is 2.85. The van der Waals surface area contributed by atoms with Crippen molar-refractivity contribution in [3.8, 4) is 17.6 Å². The van der Waals surface area contributed by atoms with Crippen LogP contribution in [-0.2, 0) is 0 Å². The molecule has 6 rings (SSSR count). The summed E-state index contributed by atoms with van der Waals surface area (Å²) in [4.78, 5) is 12.0. The number of pyridine rings is 3. The van der Waals surface area contributed by atoms with Gasteiger partial charge in [-0.3, -0.25) is 0 Å². The van der Waals surface area contributed by atoms with Gasteiger partial charge in [0.15, 0.2) is 0 Å². The van der Waals surface area contributed by atoms with Crippen LogP contribution in [0.2, 0.25) is 0 Å². The van der Waals surface area contributed by atoms with Gasteiger partial charge in [0, 0.05) is 51.7 Å². The molecule has 6 nitrogen and oxygen atoms in total. The number of aryl methyl sites for hydroxylation is 3. The van der Waals surface area contributed by atoms with Crippen LogP contribution in [0.4, 0.5) is 0 Å². The van der Waals surface area contributed by atoms with E-state index in [2.05, 4.69) is 15.0 Å². The van der Waals surface area contributed by atoms with E-state index in [4.69, 9.17) is 15.3 Å². The SMILES string of the molecule is Cc1cccc2nc(O)ccc12.Cc1cccc2nc(O)ccc12.Cc1cccc2nc(O)ccc12.[Al]. The van der Waals surface area contributed by atoms with Gasteiger partial charge in [0.1, 0.15) is 0 Å². The first-order valence-electron chi connectivity index (χ1n) is 11.5. The Kier molecular flexibility index (Phi) is 9.02. The Morgan fingerprint density at radius 3 is 0.946 bits per heavy atom. The van der Waals surface area contributed by atoms with Crippen LogP contribution in [0.3, 0.4) is 0 Å². The Bertz CT molecular complexity index is 1470. The molecule has 0 aliphatic heterocycles. The zero-order valence-electron chi connectivity index (χ0n) is 20.9. The molecule has 3 N–H and O–H groups in total. The van der Waals surface area contributed by atoms with Gasteiger partial charge < -0.3 is 15.3 Å². The molecule has 3 heterocycles. The molecule has 0 spiro atoms. The van der Waals surface area contributed by atoms with Gasteiger partial charge in [-0.1, -0.05) is 36.4 Å². The molecule has 0 saturated heterocycles. The molecule has 3 aromatic heterocycles. The summed E-state index contributed by atoms with van der Waals surface area (Å²) in [6, 6.07) is 28.0. The minimum atomic E-state index is 0. The van der Waals surface area contributed by atoms with Crippen LogP contribution in [0.15, 0.2) is 91.0 Å². The highest BCUT2D eigenvalue weighted by Gasteiger charge is 1.99. The van der Waals surface area contributed by atoms with E-state index in [9.17, 15) is 0 Å². The van der Waals surface area contributed by atoms with Crippen molar-refractivity contribution in [1.82, 2.24) is 15.0 Å². The maximum atomic E-state index is 9.11. The first-order valence-corrected chi connectivity index (χ1v) is 11.5. The van der Waals surface area contributed by atoms with Gasteiger partial charge in [-0.15, -0.1) is 0 Å². The zero-order valence-corrected chi connectivity index (χ0v) is 22.1. The Morgan fingerprint density at radius 1 is 0.405 bits per heavy atom. The average molecular weight is 505 g/mol. The summed E-state index contributed by atoms with van der Waals surface area (Å²) < 4.78 is 0. The van der Waals surface area contributed by atoms with Gasteiger partial charge in [0.2, 0.25) is 17.6 Å². The van der Waals surface area contributed by atoms with E-state index in [1.165, 1.54) is 16.7 Å². The number of benzene rings is 3. The lowest BCUT2D eigenvalue weighted by Gasteiger charge is -1.99. The molecule has 0 amide bonds. The summed E-state index contributed by atoms with van der Waals surface area (Å²) >= 11 is 0. The van der Waals surface area contributed by atoms with Crippen molar-refractivity contribution in [2.75, 3.05) is 0 Å². The lowest BCUT2D eigenvalue weighted by molar-refractivity contribution is 0.455. The number of nitrogens with zero attached hydrogens (tertiary/aromatic N) is 3. The minimum Gasteiger partial charge on any atom is -0.493 e. The first kappa shape index (κ1) is 27.4. The molecule has 0 aliphatic rings. The van der Waals surface area contributed by atoms with E-state index >= 15 is 0 Å². The third-order valence-electron chi connectivity index (χ3n) is 5.81. The lowest BCUT2D eigenvalue weighted by atomic mass is 10.1. The van der Waals surface area contributed by atoms with Gasteiger partial charge in [0.05, 0.1) is 16.6 Å². The van der Waals surface area contributed by atoms with E-state index in [0.29, 0.717) is 0 Å². The highest BCUT2D eigenvalue weighted by Crippen LogP contribution is 2.20. The Balaban J connectivity index is 0.000000152. The topological polar surface area (TPSA) is 99.4 Å². The van der Waals surface area contributed by atoms with Crippen LogP contribution in [0.1, 0.15) is 16.7 Å². The molecule has 0 unspecified atom stereocenters. The normalized spacial score (nSPS) is 10.1. The summed E-state index contributed by atoms with van der Waals surface area (Å²) in [5.74, 6) is 0.231. The van der Waals surface area contributed by atoms with Gasteiger partial charge in [-0.05, 0) is 73.9 Å². The summed E-state index contributed by atoms with van der Waals surface area (Å²) in [5.41, 5.74) is 6.07. The van der Waals surface area contributed by atoms with Crippen molar-refractivity contribution in [3.05, 3.63) is 108 Å². The van der Waals surface area contributed by atoms with Gasteiger partial charge >= 0.3 is 0 Å². The Labute approximate surface area is 226 Å². The molecule has 183 valence electrons. The summed E-state index contributed by atoms with van der Waals surface area (Å²) in [5, 5.41) is 30.6. The first-order chi connectivity index (χ1) is 17.3. The summed E-state index contributed by atoms with van der Waals surface area (Å²) in [7, 11) is 0. The largest absolute Gasteiger partial charge is 0.493 e. The minimum absolute atomic E-state index is 0. The number of aromatic hydroxyl groups is 3. The molecule has 0 fully saturated rings. The van der Waals surface area contributed by atoms with Crippen LogP contribution in [0, 0.1) is 20.8 Å². The number of hydrogen-bond donors (Lipinski definition) is 3. The molecular formula is C30H27AlN3O3. The number of aromatic nitrogens is 3. The molecule has 0 aliphatic carbocycles. The van der Waals surface area contributed by atoms with Gasteiger partial charge in [-0.25, -0.2) is 15.0 Å². The molecule has 37 heavy (non-hydrogen) atoms. The van der Waals surface area contributed by atoms with E-state index < -0.39 is 0 Å². The highest BCUT2D eigenvalue weighted by atomic mass is 27.0. The van der Waals surface area contributed by atoms with Crippen LogP contribution in [0.25, 0.3) is 32.7 Å². The fourth-order valence-electron chi connectivity index (χ4n) is 3.89. The van der Waals surface area contributed by atoms with Crippen molar-refractivity contribution < 1.29 is 15.3 Å². The molecule has 0 atom stereocenters. The fraction of sp³-hybridized carbons (Fsp3) is 0.100. The fourth-order valence-corrected chi connectivity index (χ4v) is 3.89. The standard InChI is InChI=1S/3C10H9NO.Al/c3*1-7-3-2-4-9-8(7)5-6-10(12)11-9;/h3*2-6H,1H3,(H,11,12);. The maximum Gasteiger partial charge on any atom is 0.211 e. The van der Waals surface area contributed by atoms with Crippen molar-refractivity contribution >= 4 is 50.1 Å². The van der Waals surface area contributed by atoms with Gasteiger partial charge in [-0.2, -0.15) is 0 Å². The third-order valence-corrected chi connectivity index (χ3v) is 5.81. The summed E-state index contributed by atoms with van der Waals surface area (Å²) in [6.07, 6.45) is 0. The van der Waals surface area contributed by atoms with Crippen LogP contribution >= 0.6 is 0 Å². The number of fused-ring (bicyclic) bond motifs is 3. The molecular weight excluding hydrogens is 477 g/mol. The molecule has 6 aromatic rings. The second-order valence-corrected chi connectivity index (χ2v) is 8.43. The molecule has 3 radical (unpaired) electrons. The van der Waals surface area contributed by atoms with Crippen LogP contribution in [-0.4, -0.2) is 47.6 Å². The Hall–Kier alpha value is -4.18. The van der Waals surface area contributed by atoms with Crippen molar-refractivity contribution in [1.29, 1.82) is 0 Å². The highest BCUT2D eigenvalue weighted by molar-refractivity contribution is 5.83. The second kappa shape index (κ2) is 12.2. The van der Waals surface area contributed by atoms with Crippen molar-refractivity contribution in [3.63, 3.8) is 0 Å². The predicted molar refractivity (Wildman–Crippen MR) is 150 cm³/mol. The van der Waals surface area contributed by atoms with Crippen LogP contribution < -0.4 is 0 Å². The van der Waals surface area contributed by atoms with E-state index in [-0.39, 0.29) is 35.0 Å². The molecule has 7 heteroatoms. The molecule has 0 bridgehead atoms. The number of hydrogen-bond acceptors (Lipinski definition) is 6. The molecule has 3 aromatic carbocycles. The van der Waals surface area contributed by atoms with E-state index in [1.807, 2.05) is 93.6 Å². The van der Waals surface area contributed by atoms with Gasteiger partial charge in [0.25, 0.3) is 0 Å². The Morgan fingerprint density at radius 2 is 0.676 bits per heavy atom. The smallest absolute Gasteiger partial charge is 0.211 e. The molecule has 0 saturated carbocycles. The zero-order chi connectivity index (χ0) is 25.7. The van der Waals surface area contributed by atoms with E-state index in [0.717, 1.165) is 32.7 Å². The maximum absolute atomic E-state index is 9.11. The predicted octanol–water partition coefficient (Wildman–Crippen LogP) is 6.37. The quantitative estimate of drug-likeness (QED) is 0.208. The summed E-state index contributed by atoms with van der Waals surface area (Å²) in [6.45, 7) is 6.09. The van der Waals surface area contributed by atoms with E-state index in [1.54, 1.807) is 18.2 Å². The monoisotopic (exact) mass is 504 g/mol. The second-order valence-electron chi connectivity index (χ2n) is 8.43. The number of rotatable bonds is 0. The van der Waals surface area contributed by atoms with Crippen molar-refractivity contribution in [2.45, 2.75) is 20.8 Å².